The van der Waals surface area contributed by atoms with Gasteiger partial charge in [0.15, 0.2) is 0 Å². The fraction of sp³-hybridized carbons (Fsp3) is 0.500. The second-order valence-corrected chi connectivity index (χ2v) is 7.18. The summed E-state index contributed by atoms with van der Waals surface area (Å²) >= 11 is 3.22. The third-order valence-corrected chi connectivity index (χ3v) is 5.34. The molecule has 0 saturated heterocycles. The molecule has 1 atom stereocenters. The van der Waals surface area contributed by atoms with Gasteiger partial charge < -0.3 is 10.0 Å². The molecule has 1 aromatic rings. The van der Waals surface area contributed by atoms with Crippen molar-refractivity contribution in [1.29, 1.82) is 0 Å². The molecule has 108 valence electrons. The smallest absolute Gasteiger partial charge is 0.241 e. The average molecular weight is 351 g/mol. The molecule has 0 aliphatic heterocycles. The highest BCUT2D eigenvalue weighted by atomic mass is 79.9. The summed E-state index contributed by atoms with van der Waals surface area (Å²) in [7, 11) is 0.194. The number of rotatable bonds is 6. The van der Waals surface area contributed by atoms with Crippen molar-refractivity contribution >= 4 is 26.0 Å². The standard InChI is InChI=1S/C12H19BrN2O3S/c1-9(15(2)3)7-14-19(17,18)12-6-10(8-16)4-5-11(12)13/h4-6,9,14,16H,7-8H2,1-3H3. The van der Waals surface area contributed by atoms with Crippen LogP contribution in [0.5, 0.6) is 0 Å². The molecule has 1 unspecified atom stereocenters. The predicted molar refractivity (Wildman–Crippen MR) is 78.4 cm³/mol. The lowest BCUT2D eigenvalue weighted by Crippen LogP contribution is -2.38. The third kappa shape index (κ3) is 4.54. The first-order valence-electron chi connectivity index (χ1n) is 5.83. The number of benzene rings is 1. The molecule has 0 heterocycles. The van der Waals surface area contributed by atoms with Crippen molar-refractivity contribution in [3.8, 4) is 0 Å². The van der Waals surface area contributed by atoms with Gasteiger partial charge in [-0.1, -0.05) is 6.07 Å². The van der Waals surface area contributed by atoms with Crippen LogP contribution < -0.4 is 4.72 Å². The summed E-state index contributed by atoms with van der Waals surface area (Å²) in [6, 6.07) is 4.85. The largest absolute Gasteiger partial charge is 0.392 e. The number of sulfonamides is 1. The Morgan fingerprint density at radius 1 is 1.42 bits per heavy atom. The third-order valence-electron chi connectivity index (χ3n) is 2.92. The van der Waals surface area contributed by atoms with Crippen LogP contribution in [0.1, 0.15) is 12.5 Å². The van der Waals surface area contributed by atoms with Crippen LogP contribution in [-0.2, 0) is 16.6 Å². The minimum absolute atomic E-state index is 0.0922. The van der Waals surface area contributed by atoms with Crippen molar-refractivity contribution in [2.24, 2.45) is 0 Å². The minimum Gasteiger partial charge on any atom is -0.392 e. The van der Waals surface area contributed by atoms with Crippen LogP contribution in [0.15, 0.2) is 27.6 Å². The van der Waals surface area contributed by atoms with Crippen LogP contribution in [0.25, 0.3) is 0 Å². The van der Waals surface area contributed by atoms with Crippen LogP contribution >= 0.6 is 15.9 Å². The van der Waals surface area contributed by atoms with E-state index in [4.69, 9.17) is 5.11 Å². The molecule has 1 aromatic carbocycles. The maximum absolute atomic E-state index is 12.2. The van der Waals surface area contributed by atoms with Crippen LogP contribution in [0.3, 0.4) is 0 Å². The molecule has 0 fully saturated rings. The van der Waals surface area contributed by atoms with Gasteiger partial charge in [0.2, 0.25) is 10.0 Å². The van der Waals surface area contributed by atoms with Crippen LogP contribution in [-0.4, -0.2) is 45.1 Å². The van der Waals surface area contributed by atoms with Crippen molar-refractivity contribution in [3.63, 3.8) is 0 Å². The first-order chi connectivity index (χ1) is 8.77. The number of hydrogen-bond acceptors (Lipinski definition) is 4. The lowest BCUT2D eigenvalue weighted by atomic mass is 10.2. The van der Waals surface area contributed by atoms with Crippen molar-refractivity contribution < 1.29 is 13.5 Å². The highest BCUT2D eigenvalue weighted by Gasteiger charge is 2.19. The Morgan fingerprint density at radius 3 is 2.58 bits per heavy atom. The molecule has 0 radical (unpaired) electrons. The van der Waals surface area contributed by atoms with Gasteiger partial charge in [0.05, 0.1) is 11.5 Å². The van der Waals surface area contributed by atoms with E-state index < -0.39 is 10.0 Å². The summed E-state index contributed by atoms with van der Waals surface area (Å²) in [6.45, 7) is 2.07. The van der Waals surface area contributed by atoms with Crippen molar-refractivity contribution in [1.82, 2.24) is 9.62 Å². The van der Waals surface area contributed by atoms with Gasteiger partial charge in [0.25, 0.3) is 0 Å². The maximum atomic E-state index is 12.2. The topological polar surface area (TPSA) is 69.6 Å². The Kier molecular flexibility index (Phi) is 5.94. The van der Waals surface area contributed by atoms with E-state index in [1.165, 1.54) is 6.07 Å². The number of aliphatic hydroxyl groups is 1. The zero-order valence-corrected chi connectivity index (χ0v) is 13.6. The zero-order valence-electron chi connectivity index (χ0n) is 11.2. The van der Waals surface area contributed by atoms with Gasteiger partial charge in [-0.25, -0.2) is 13.1 Å². The number of halogens is 1. The Balaban J connectivity index is 2.94. The molecule has 0 bridgehead atoms. The molecule has 0 aliphatic carbocycles. The molecule has 0 amide bonds. The summed E-state index contributed by atoms with van der Waals surface area (Å²) < 4.78 is 27.5. The number of likely N-dealkylation sites (N-methyl/N-ethyl adjacent to an activating group) is 1. The number of nitrogens with one attached hydrogen (secondary N) is 1. The first kappa shape index (κ1) is 16.6. The number of hydrogen-bond donors (Lipinski definition) is 2. The molecule has 1 rings (SSSR count). The Hall–Kier alpha value is -0.470. The van der Waals surface area contributed by atoms with Crippen molar-refractivity contribution in [2.45, 2.75) is 24.5 Å². The van der Waals surface area contributed by atoms with Crippen LogP contribution in [0, 0.1) is 0 Å². The summed E-state index contributed by atoms with van der Waals surface area (Å²) in [5.74, 6) is 0. The van der Waals surface area contributed by atoms with E-state index in [0.717, 1.165) is 0 Å². The van der Waals surface area contributed by atoms with E-state index >= 15 is 0 Å². The van der Waals surface area contributed by atoms with Gasteiger partial charge in [0.1, 0.15) is 0 Å². The molecule has 0 spiro atoms. The van der Waals surface area contributed by atoms with Gasteiger partial charge in [-0.2, -0.15) is 0 Å². The van der Waals surface area contributed by atoms with Crippen molar-refractivity contribution in [2.75, 3.05) is 20.6 Å². The van der Waals surface area contributed by atoms with E-state index in [-0.39, 0.29) is 17.5 Å². The quantitative estimate of drug-likeness (QED) is 0.807. The maximum Gasteiger partial charge on any atom is 0.241 e. The monoisotopic (exact) mass is 350 g/mol. The SMILES string of the molecule is CC(CNS(=O)(=O)c1cc(CO)ccc1Br)N(C)C. The highest BCUT2D eigenvalue weighted by Crippen LogP contribution is 2.23. The zero-order chi connectivity index (χ0) is 14.6. The van der Waals surface area contributed by atoms with E-state index in [2.05, 4.69) is 20.7 Å². The molecule has 2 N–H and O–H groups in total. The minimum atomic E-state index is -3.59. The average Bonchev–Trinajstić information content (AvgIpc) is 2.36. The lowest BCUT2D eigenvalue weighted by Gasteiger charge is -2.20. The van der Waals surface area contributed by atoms with Crippen LogP contribution in [0.4, 0.5) is 0 Å². The predicted octanol–water partition coefficient (Wildman–Crippen LogP) is 1.17. The molecule has 0 saturated carbocycles. The first-order valence-corrected chi connectivity index (χ1v) is 8.11. The van der Waals surface area contributed by atoms with E-state index in [9.17, 15) is 8.42 Å². The molecule has 0 aliphatic rings. The van der Waals surface area contributed by atoms with Crippen molar-refractivity contribution in [3.05, 3.63) is 28.2 Å². The summed E-state index contributed by atoms with van der Waals surface area (Å²) in [4.78, 5) is 2.08. The molecule has 0 aromatic heterocycles. The highest BCUT2D eigenvalue weighted by molar-refractivity contribution is 9.10. The Morgan fingerprint density at radius 2 is 2.05 bits per heavy atom. The van der Waals surface area contributed by atoms with Gasteiger partial charge in [-0.05, 0) is 54.6 Å². The van der Waals surface area contributed by atoms with Gasteiger partial charge in [0, 0.05) is 17.1 Å². The Bertz CT molecular complexity index is 532. The molecular formula is C12H19BrN2O3S. The van der Waals surface area contributed by atoms with Gasteiger partial charge in [-0.3, -0.25) is 0 Å². The Labute approximate surface area is 122 Å². The van der Waals surface area contributed by atoms with E-state index in [1.807, 2.05) is 25.9 Å². The molecular weight excluding hydrogens is 332 g/mol. The fourth-order valence-electron chi connectivity index (χ4n) is 1.34. The van der Waals surface area contributed by atoms with Gasteiger partial charge in [-0.15, -0.1) is 0 Å². The molecule has 7 heteroatoms. The number of nitrogens with zero attached hydrogens (tertiary/aromatic N) is 1. The summed E-state index contributed by atoms with van der Waals surface area (Å²) in [5.41, 5.74) is 0.559. The van der Waals surface area contributed by atoms with Crippen LogP contribution in [0.2, 0.25) is 0 Å². The molecule has 5 nitrogen and oxygen atoms in total. The fourth-order valence-corrected chi connectivity index (χ4v) is 3.48. The summed E-state index contributed by atoms with van der Waals surface area (Å²) in [5, 5.41) is 9.07. The second kappa shape index (κ2) is 6.81. The molecule has 19 heavy (non-hydrogen) atoms. The summed E-state index contributed by atoms with van der Waals surface area (Å²) in [6.07, 6.45) is 0. The second-order valence-electron chi connectivity index (χ2n) is 4.59. The lowest BCUT2D eigenvalue weighted by molar-refractivity contribution is 0.281. The van der Waals surface area contributed by atoms with E-state index in [0.29, 0.717) is 16.6 Å². The van der Waals surface area contributed by atoms with E-state index in [1.54, 1.807) is 12.1 Å². The van der Waals surface area contributed by atoms with Gasteiger partial charge >= 0.3 is 0 Å². The normalized spacial score (nSPS) is 13.8. The number of aliphatic hydroxyl groups excluding tert-OH is 1.